The topological polar surface area (TPSA) is 56.1 Å². The molecule has 0 fully saturated rings. The molecule has 2 aromatic carbocycles. The number of ether oxygens (including phenoxy) is 1. The van der Waals surface area contributed by atoms with Gasteiger partial charge in [-0.15, -0.1) is 0 Å². The molecule has 1 heterocycles. The maximum absolute atomic E-state index is 13.5. The van der Waals surface area contributed by atoms with E-state index in [0.717, 1.165) is 12.0 Å². The van der Waals surface area contributed by atoms with E-state index < -0.39 is 0 Å². The molecule has 4 rings (SSSR count). The number of rotatable bonds is 6. The number of nitrogens with zero attached hydrogens (tertiary/aromatic N) is 2. The van der Waals surface area contributed by atoms with Gasteiger partial charge in [0.2, 0.25) is 0 Å². The summed E-state index contributed by atoms with van der Waals surface area (Å²) in [5.74, 6) is 0.533. The molecule has 0 amide bonds. The van der Waals surface area contributed by atoms with Crippen molar-refractivity contribution >= 4 is 28.9 Å². The van der Waals surface area contributed by atoms with Crippen LogP contribution in [0.15, 0.2) is 47.3 Å². The van der Waals surface area contributed by atoms with Gasteiger partial charge in [-0.05, 0) is 50.1 Å². The minimum Gasteiger partial charge on any atom is -0.376 e. The highest BCUT2D eigenvalue weighted by molar-refractivity contribution is 6.36. The first kappa shape index (κ1) is 21.9. The van der Waals surface area contributed by atoms with Crippen molar-refractivity contribution in [3.63, 3.8) is 0 Å². The van der Waals surface area contributed by atoms with E-state index in [1.165, 1.54) is 5.56 Å². The molecule has 0 bridgehead atoms. The number of halogens is 2. The molecule has 1 N–H and O–H groups in total. The van der Waals surface area contributed by atoms with Gasteiger partial charge in [-0.1, -0.05) is 47.5 Å². The van der Waals surface area contributed by atoms with E-state index >= 15 is 0 Å². The standard InChI is InChI=1S/C24H25Cl2N3O2/c1-4-29-23(18-11-10-16(25)13-19(18)26)27-14(3)21(24(29)30)28-22-17-9-7-6-8-15(17)12-20(22)31-5-2/h6-11,13,20,22,28H,4-5,12H2,1-3H3/t20-,22+/m0/s1. The zero-order chi connectivity index (χ0) is 22.1. The molecule has 162 valence electrons. The molecule has 0 saturated carbocycles. The van der Waals surface area contributed by atoms with E-state index in [2.05, 4.69) is 17.4 Å². The summed E-state index contributed by atoms with van der Waals surface area (Å²) < 4.78 is 7.64. The first-order valence-electron chi connectivity index (χ1n) is 10.5. The average Bonchev–Trinajstić information content (AvgIpc) is 3.08. The van der Waals surface area contributed by atoms with E-state index in [1.807, 2.05) is 32.9 Å². The lowest BCUT2D eigenvalue weighted by molar-refractivity contribution is 0.0574. The zero-order valence-corrected chi connectivity index (χ0v) is 19.3. The van der Waals surface area contributed by atoms with Crippen LogP contribution in [0.2, 0.25) is 10.0 Å². The van der Waals surface area contributed by atoms with Crippen molar-refractivity contribution < 1.29 is 4.74 Å². The summed E-state index contributed by atoms with van der Waals surface area (Å²) in [6.45, 7) is 6.82. The molecule has 3 aromatic rings. The van der Waals surface area contributed by atoms with Crippen LogP contribution in [-0.2, 0) is 17.7 Å². The second kappa shape index (κ2) is 9.03. The van der Waals surface area contributed by atoms with Crippen LogP contribution in [0.1, 0.15) is 36.7 Å². The molecule has 2 atom stereocenters. The third-order valence-corrected chi connectivity index (χ3v) is 6.25. The molecular formula is C24H25Cl2N3O2. The molecule has 0 unspecified atom stereocenters. The van der Waals surface area contributed by atoms with Gasteiger partial charge in [-0.2, -0.15) is 0 Å². The van der Waals surface area contributed by atoms with Crippen LogP contribution < -0.4 is 10.9 Å². The van der Waals surface area contributed by atoms with Crippen molar-refractivity contribution in [1.29, 1.82) is 0 Å². The number of fused-ring (bicyclic) bond motifs is 1. The van der Waals surface area contributed by atoms with Crippen molar-refractivity contribution in [3.05, 3.63) is 79.7 Å². The minimum absolute atomic E-state index is 0.0401. The summed E-state index contributed by atoms with van der Waals surface area (Å²) in [7, 11) is 0. The maximum atomic E-state index is 13.5. The minimum atomic E-state index is -0.129. The summed E-state index contributed by atoms with van der Waals surface area (Å²) in [5, 5.41) is 4.47. The molecule has 5 nitrogen and oxygen atoms in total. The van der Waals surface area contributed by atoms with E-state index in [-0.39, 0.29) is 17.7 Å². The summed E-state index contributed by atoms with van der Waals surface area (Å²) in [6, 6.07) is 13.4. The second-order valence-electron chi connectivity index (χ2n) is 7.59. The quantitative estimate of drug-likeness (QED) is 0.518. The maximum Gasteiger partial charge on any atom is 0.277 e. The van der Waals surface area contributed by atoms with Gasteiger partial charge < -0.3 is 10.1 Å². The van der Waals surface area contributed by atoms with Gasteiger partial charge in [-0.25, -0.2) is 4.98 Å². The Morgan fingerprint density at radius 3 is 2.68 bits per heavy atom. The Balaban J connectivity index is 1.79. The third-order valence-electron chi connectivity index (χ3n) is 5.70. The number of aryl methyl sites for hydroxylation is 1. The van der Waals surface area contributed by atoms with Crippen LogP contribution in [0.3, 0.4) is 0 Å². The number of nitrogens with one attached hydrogen (secondary N) is 1. The Morgan fingerprint density at radius 1 is 1.19 bits per heavy atom. The lowest BCUT2D eigenvalue weighted by Crippen LogP contribution is -2.31. The Kier molecular flexibility index (Phi) is 6.37. The van der Waals surface area contributed by atoms with Crippen LogP contribution in [0.25, 0.3) is 11.4 Å². The number of anilines is 1. The lowest BCUT2D eigenvalue weighted by atomic mass is 10.1. The van der Waals surface area contributed by atoms with Crippen molar-refractivity contribution in [2.45, 2.75) is 45.9 Å². The lowest BCUT2D eigenvalue weighted by Gasteiger charge is -2.24. The summed E-state index contributed by atoms with van der Waals surface area (Å²) >= 11 is 12.5. The Hall–Kier alpha value is -2.34. The molecular weight excluding hydrogens is 433 g/mol. The molecule has 1 aliphatic rings. The van der Waals surface area contributed by atoms with Gasteiger partial charge in [-0.3, -0.25) is 9.36 Å². The first-order chi connectivity index (χ1) is 14.9. The van der Waals surface area contributed by atoms with E-state index in [0.29, 0.717) is 46.0 Å². The average molecular weight is 458 g/mol. The van der Waals surface area contributed by atoms with Crippen molar-refractivity contribution in [2.75, 3.05) is 11.9 Å². The summed E-state index contributed by atoms with van der Waals surface area (Å²) in [5.41, 5.74) is 4.06. The summed E-state index contributed by atoms with van der Waals surface area (Å²) in [6.07, 6.45) is 0.774. The Morgan fingerprint density at radius 2 is 1.97 bits per heavy atom. The van der Waals surface area contributed by atoms with Crippen LogP contribution in [-0.4, -0.2) is 22.3 Å². The highest BCUT2D eigenvalue weighted by atomic mass is 35.5. The van der Waals surface area contributed by atoms with Crippen LogP contribution in [0.4, 0.5) is 5.69 Å². The van der Waals surface area contributed by atoms with Gasteiger partial charge in [0, 0.05) is 30.2 Å². The molecule has 1 aliphatic carbocycles. The smallest absolute Gasteiger partial charge is 0.277 e. The number of hydrogen-bond donors (Lipinski definition) is 1. The van der Waals surface area contributed by atoms with Gasteiger partial charge in [0.05, 0.1) is 22.9 Å². The zero-order valence-electron chi connectivity index (χ0n) is 17.8. The molecule has 0 radical (unpaired) electrons. The fourth-order valence-electron chi connectivity index (χ4n) is 4.25. The molecule has 31 heavy (non-hydrogen) atoms. The number of aromatic nitrogens is 2. The molecule has 0 saturated heterocycles. The van der Waals surface area contributed by atoms with Crippen LogP contribution in [0, 0.1) is 6.92 Å². The largest absolute Gasteiger partial charge is 0.376 e. The predicted octanol–water partition coefficient (Wildman–Crippen LogP) is 5.66. The molecule has 0 spiro atoms. The fraction of sp³-hybridized carbons (Fsp3) is 0.333. The normalized spacial score (nSPS) is 17.6. The van der Waals surface area contributed by atoms with E-state index in [9.17, 15) is 4.79 Å². The van der Waals surface area contributed by atoms with Crippen LogP contribution >= 0.6 is 23.2 Å². The molecule has 1 aromatic heterocycles. The fourth-order valence-corrected chi connectivity index (χ4v) is 4.74. The highest BCUT2D eigenvalue weighted by Gasteiger charge is 2.34. The molecule has 0 aliphatic heterocycles. The van der Waals surface area contributed by atoms with Gasteiger partial charge >= 0.3 is 0 Å². The predicted molar refractivity (Wildman–Crippen MR) is 126 cm³/mol. The first-order valence-corrected chi connectivity index (χ1v) is 11.2. The SMILES string of the molecule is CCO[C@H]1Cc2ccccc2[C@H]1Nc1c(C)nc(-c2ccc(Cl)cc2Cl)n(CC)c1=O. The summed E-state index contributed by atoms with van der Waals surface area (Å²) in [4.78, 5) is 18.3. The Bertz CT molecular complexity index is 1180. The van der Waals surface area contributed by atoms with Gasteiger partial charge in [0.25, 0.3) is 5.56 Å². The van der Waals surface area contributed by atoms with Gasteiger partial charge in [0.15, 0.2) is 0 Å². The molecule has 7 heteroatoms. The Labute approximate surface area is 192 Å². The highest BCUT2D eigenvalue weighted by Crippen LogP contribution is 2.36. The third kappa shape index (κ3) is 4.10. The van der Waals surface area contributed by atoms with E-state index in [4.69, 9.17) is 32.9 Å². The number of benzene rings is 2. The van der Waals surface area contributed by atoms with Crippen molar-refractivity contribution in [1.82, 2.24) is 9.55 Å². The van der Waals surface area contributed by atoms with Crippen molar-refractivity contribution in [2.24, 2.45) is 0 Å². The monoisotopic (exact) mass is 457 g/mol. The van der Waals surface area contributed by atoms with Crippen molar-refractivity contribution in [3.8, 4) is 11.4 Å². The second-order valence-corrected chi connectivity index (χ2v) is 8.43. The van der Waals surface area contributed by atoms with Crippen LogP contribution in [0.5, 0.6) is 0 Å². The number of hydrogen-bond acceptors (Lipinski definition) is 4. The van der Waals surface area contributed by atoms with E-state index in [1.54, 1.807) is 22.8 Å². The van der Waals surface area contributed by atoms with Gasteiger partial charge in [0.1, 0.15) is 11.5 Å².